The van der Waals surface area contributed by atoms with Gasteiger partial charge in [0.2, 0.25) is 0 Å². The highest BCUT2D eigenvalue weighted by Gasteiger charge is 2.19. The van der Waals surface area contributed by atoms with E-state index in [0.717, 1.165) is 29.0 Å². The third-order valence-corrected chi connectivity index (χ3v) is 3.48. The highest BCUT2D eigenvalue weighted by molar-refractivity contribution is 5.44. The van der Waals surface area contributed by atoms with E-state index in [9.17, 15) is 4.39 Å². The molecule has 112 valence electrons. The maximum Gasteiger partial charge on any atom is 0.124 e. The molecular weight excluding hydrogens is 265 g/mol. The van der Waals surface area contributed by atoms with E-state index in [2.05, 4.69) is 18.3 Å². The van der Waals surface area contributed by atoms with E-state index in [1.165, 1.54) is 6.07 Å². The van der Waals surface area contributed by atoms with Gasteiger partial charge in [-0.15, -0.1) is 0 Å². The number of halogens is 1. The van der Waals surface area contributed by atoms with Crippen molar-refractivity contribution in [1.29, 1.82) is 0 Å². The lowest BCUT2D eigenvalue weighted by Crippen LogP contribution is -2.23. The normalized spacial score (nSPS) is 12.2. The van der Waals surface area contributed by atoms with Gasteiger partial charge in [-0.3, -0.25) is 0 Å². The van der Waals surface area contributed by atoms with Crippen LogP contribution in [0.25, 0.3) is 0 Å². The van der Waals surface area contributed by atoms with Crippen LogP contribution >= 0.6 is 0 Å². The zero-order valence-corrected chi connectivity index (χ0v) is 12.8. The second-order valence-electron chi connectivity index (χ2n) is 4.96. The molecule has 0 bridgehead atoms. The number of benzene rings is 2. The Morgan fingerprint density at radius 1 is 1.10 bits per heavy atom. The zero-order valence-electron chi connectivity index (χ0n) is 12.8. The molecule has 0 fully saturated rings. The summed E-state index contributed by atoms with van der Waals surface area (Å²) in [5.41, 5.74) is 3.09. The lowest BCUT2D eigenvalue weighted by molar-refractivity contribution is 0.333. The molecular formula is C18H22FNO. The van der Waals surface area contributed by atoms with Crippen LogP contribution in [0.3, 0.4) is 0 Å². The lowest BCUT2D eigenvalue weighted by atomic mass is 9.94. The SMILES string of the molecule is CCNC(c1ccc(F)cc1C)c1ccccc1OCC. The van der Waals surface area contributed by atoms with Crippen molar-refractivity contribution in [3.63, 3.8) is 0 Å². The fraction of sp³-hybridized carbons (Fsp3) is 0.333. The van der Waals surface area contributed by atoms with Crippen LogP contribution in [0.4, 0.5) is 4.39 Å². The number of nitrogens with one attached hydrogen (secondary N) is 1. The van der Waals surface area contributed by atoms with Crippen LogP contribution in [0, 0.1) is 12.7 Å². The van der Waals surface area contributed by atoms with Gasteiger partial charge in [0.25, 0.3) is 0 Å². The van der Waals surface area contributed by atoms with Gasteiger partial charge in [0.15, 0.2) is 0 Å². The predicted molar refractivity (Wildman–Crippen MR) is 84.3 cm³/mol. The Hall–Kier alpha value is -1.87. The molecule has 1 atom stereocenters. The molecule has 1 unspecified atom stereocenters. The molecule has 2 aromatic carbocycles. The van der Waals surface area contributed by atoms with Crippen LogP contribution in [0.5, 0.6) is 5.75 Å². The standard InChI is InChI=1S/C18H22FNO/c1-4-20-18(15-11-10-14(19)12-13(15)3)16-8-6-7-9-17(16)21-5-2/h6-12,18,20H,4-5H2,1-3H3. The molecule has 2 nitrogen and oxygen atoms in total. The summed E-state index contributed by atoms with van der Waals surface area (Å²) in [7, 11) is 0. The van der Waals surface area contributed by atoms with E-state index >= 15 is 0 Å². The summed E-state index contributed by atoms with van der Waals surface area (Å²) in [6.45, 7) is 7.42. The van der Waals surface area contributed by atoms with Gasteiger partial charge in [0, 0.05) is 5.56 Å². The van der Waals surface area contributed by atoms with E-state index in [0.29, 0.717) is 6.61 Å². The maximum atomic E-state index is 13.4. The van der Waals surface area contributed by atoms with Crippen molar-refractivity contribution >= 4 is 0 Å². The van der Waals surface area contributed by atoms with E-state index < -0.39 is 0 Å². The molecule has 0 saturated heterocycles. The van der Waals surface area contributed by atoms with Crippen LogP contribution in [0.15, 0.2) is 42.5 Å². The zero-order chi connectivity index (χ0) is 15.2. The molecule has 0 aliphatic rings. The molecule has 0 heterocycles. The Morgan fingerprint density at radius 3 is 2.52 bits per heavy atom. The van der Waals surface area contributed by atoms with Crippen molar-refractivity contribution in [1.82, 2.24) is 5.32 Å². The van der Waals surface area contributed by atoms with Crippen LogP contribution in [-0.4, -0.2) is 13.2 Å². The number of para-hydroxylation sites is 1. The minimum atomic E-state index is -0.204. The first-order valence-electron chi connectivity index (χ1n) is 7.38. The first kappa shape index (κ1) is 15.5. The second kappa shape index (κ2) is 7.23. The van der Waals surface area contributed by atoms with Crippen molar-refractivity contribution in [3.05, 3.63) is 65.0 Å². The first-order valence-corrected chi connectivity index (χ1v) is 7.38. The molecule has 21 heavy (non-hydrogen) atoms. The van der Waals surface area contributed by atoms with Crippen molar-refractivity contribution in [3.8, 4) is 5.75 Å². The van der Waals surface area contributed by atoms with Crippen molar-refractivity contribution in [2.45, 2.75) is 26.8 Å². The fourth-order valence-electron chi connectivity index (χ4n) is 2.56. The molecule has 2 aromatic rings. The van der Waals surface area contributed by atoms with Crippen molar-refractivity contribution in [2.24, 2.45) is 0 Å². The monoisotopic (exact) mass is 287 g/mol. The number of aryl methyl sites for hydroxylation is 1. The van der Waals surface area contributed by atoms with Gasteiger partial charge >= 0.3 is 0 Å². The second-order valence-corrected chi connectivity index (χ2v) is 4.96. The topological polar surface area (TPSA) is 21.3 Å². The summed E-state index contributed by atoms with van der Waals surface area (Å²) in [5, 5.41) is 3.47. The number of hydrogen-bond acceptors (Lipinski definition) is 2. The van der Waals surface area contributed by atoms with Crippen LogP contribution in [0.2, 0.25) is 0 Å². The van der Waals surface area contributed by atoms with E-state index in [1.54, 1.807) is 6.07 Å². The lowest BCUT2D eigenvalue weighted by Gasteiger charge is -2.23. The Balaban J connectivity index is 2.48. The number of hydrogen-bond donors (Lipinski definition) is 1. The van der Waals surface area contributed by atoms with Gasteiger partial charge in [-0.2, -0.15) is 0 Å². The molecule has 0 radical (unpaired) electrons. The van der Waals surface area contributed by atoms with Crippen LogP contribution in [0.1, 0.15) is 36.6 Å². The molecule has 0 spiro atoms. The van der Waals surface area contributed by atoms with Gasteiger partial charge in [-0.25, -0.2) is 4.39 Å². The third-order valence-electron chi connectivity index (χ3n) is 3.48. The summed E-state index contributed by atoms with van der Waals surface area (Å²) >= 11 is 0. The molecule has 0 aliphatic heterocycles. The van der Waals surface area contributed by atoms with Crippen molar-refractivity contribution < 1.29 is 9.13 Å². The molecule has 2 rings (SSSR count). The van der Waals surface area contributed by atoms with Crippen LogP contribution in [-0.2, 0) is 0 Å². The minimum Gasteiger partial charge on any atom is -0.494 e. The summed E-state index contributed by atoms with van der Waals surface area (Å²) < 4.78 is 19.1. The molecule has 0 saturated carbocycles. The summed E-state index contributed by atoms with van der Waals surface area (Å²) in [5.74, 6) is 0.666. The van der Waals surface area contributed by atoms with Gasteiger partial charge < -0.3 is 10.1 Å². The molecule has 0 aliphatic carbocycles. The molecule has 3 heteroatoms. The summed E-state index contributed by atoms with van der Waals surface area (Å²) in [4.78, 5) is 0. The van der Waals surface area contributed by atoms with Gasteiger partial charge in [0.1, 0.15) is 11.6 Å². The summed E-state index contributed by atoms with van der Waals surface area (Å²) in [6.07, 6.45) is 0. The average molecular weight is 287 g/mol. The molecule has 1 N–H and O–H groups in total. The van der Waals surface area contributed by atoms with Gasteiger partial charge in [0.05, 0.1) is 12.6 Å². The van der Waals surface area contributed by atoms with E-state index in [1.807, 2.05) is 38.1 Å². The predicted octanol–water partition coefficient (Wildman–Crippen LogP) is 4.23. The highest BCUT2D eigenvalue weighted by Crippen LogP contribution is 2.31. The Morgan fingerprint density at radius 2 is 1.86 bits per heavy atom. The van der Waals surface area contributed by atoms with Crippen LogP contribution < -0.4 is 10.1 Å². The molecule has 0 amide bonds. The summed E-state index contributed by atoms with van der Waals surface area (Å²) in [6, 6.07) is 12.9. The number of ether oxygens (including phenoxy) is 1. The Kier molecular flexibility index (Phi) is 5.34. The minimum absolute atomic E-state index is 0.00153. The van der Waals surface area contributed by atoms with Gasteiger partial charge in [-0.1, -0.05) is 31.2 Å². The van der Waals surface area contributed by atoms with Gasteiger partial charge in [-0.05, 0) is 49.7 Å². The van der Waals surface area contributed by atoms with E-state index in [-0.39, 0.29) is 11.9 Å². The first-order chi connectivity index (χ1) is 10.2. The third kappa shape index (κ3) is 3.61. The highest BCUT2D eigenvalue weighted by atomic mass is 19.1. The quantitative estimate of drug-likeness (QED) is 0.858. The maximum absolute atomic E-state index is 13.4. The van der Waals surface area contributed by atoms with Crippen molar-refractivity contribution in [2.75, 3.05) is 13.2 Å². The smallest absolute Gasteiger partial charge is 0.124 e. The van der Waals surface area contributed by atoms with E-state index in [4.69, 9.17) is 4.74 Å². The number of rotatable bonds is 6. The molecule has 0 aromatic heterocycles. The average Bonchev–Trinajstić information content (AvgIpc) is 2.47. The largest absolute Gasteiger partial charge is 0.494 e. The fourth-order valence-corrected chi connectivity index (χ4v) is 2.56. The Labute approximate surface area is 126 Å². The Bertz CT molecular complexity index is 598.